The minimum absolute atomic E-state index is 0.0169. The highest BCUT2D eigenvalue weighted by atomic mass is 14.4. The van der Waals surface area contributed by atoms with Crippen molar-refractivity contribution in [3.8, 4) is 55.6 Å². The number of hydrogen-bond donors (Lipinski definition) is 0. The maximum atomic E-state index is 2.65. The molecule has 15 aromatic rings. The summed E-state index contributed by atoms with van der Waals surface area (Å²) in [6.07, 6.45) is 0. The van der Waals surface area contributed by atoms with E-state index in [4.69, 9.17) is 0 Å². The Hall–Kier alpha value is -8.32. The van der Waals surface area contributed by atoms with E-state index >= 15 is 0 Å². The molecular formula is C84H74. The van der Waals surface area contributed by atoms with E-state index in [1.165, 1.54) is 191 Å². The van der Waals surface area contributed by atoms with Crippen LogP contribution in [0.5, 0.6) is 0 Å². The second-order valence-electron chi connectivity index (χ2n) is 30.4. The Labute approximate surface area is 495 Å². The summed E-state index contributed by atoms with van der Waals surface area (Å²) in [5.41, 5.74) is 19.7. The molecule has 0 aliphatic heterocycles. The lowest BCUT2D eigenvalue weighted by Gasteiger charge is -2.28. The first-order chi connectivity index (χ1) is 39.8. The predicted octanol–water partition coefficient (Wildman–Crippen LogP) is 24.7. The van der Waals surface area contributed by atoms with Crippen LogP contribution < -0.4 is 0 Å². The fourth-order valence-electron chi connectivity index (χ4n) is 15.6. The molecule has 84 heavy (non-hydrogen) atoms. The SMILES string of the molecule is CC(C)(C)c1cc(-c2c3cc4c(cc3c(-c3cc(C(C)(C)C)cc(C(C)(C)C)c3)c3c5ccc6c7ccc8c9c(ccc(c%10ccc(c23)c5c%106)c97)-c2ccccc2-8)c2ccc(-c3ccccc3C(C)(C)C)c3cccc4c32)cc(C(C)(C)C)c1. The molecule has 16 rings (SSSR count). The van der Waals surface area contributed by atoms with Gasteiger partial charge in [-0.15, -0.1) is 0 Å². The number of rotatable bonds is 3. The van der Waals surface area contributed by atoms with Gasteiger partial charge in [0.2, 0.25) is 0 Å². The average Bonchev–Trinajstić information content (AvgIpc) is 1.49. The van der Waals surface area contributed by atoms with Crippen LogP contribution in [-0.4, -0.2) is 0 Å². The minimum atomic E-state index is -0.0890. The Morgan fingerprint density at radius 2 is 0.536 bits per heavy atom. The van der Waals surface area contributed by atoms with Crippen LogP contribution in [-0.2, 0) is 27.1 Å². The van der Waals surface area contributed by atoms with Crippen molar-refractivity contribution in [1.29, 1.82) is 0 Å². The number of hydrogen-bond acceptors (Lipinski definition) is 0. The molecule has 0 nitrogen and oxygen atoms in total. The summed E-state index contributed by atoms with van der Waals surface area (Å²) in [5, 5.41) is 26.8. The zero-order valence-electron chi connectivity index (χ0n) is 51.7. The Balaban J connectivity index is 1.14. The molecule has 0 fully saturated rings. The van der Waals surface area contributed by atoms with Crippen molar-refractivity contribution >= 4 is 108 Å². The molecule has 0 unspecified atom stereocenters. The second kappa shape index (κ2) is 16.7. The van der Waals surface area contributed by atoms with Crippen LogP contribution in [0.1, 0.15) is 132 Å². The van der Waals surface area contributed by atoms with E-state index in [0.29, 0.717) is 0 Å². The van der Waals surface area contributed by atoms with E-state index in [0.717, 1.165) is 0 Å². The monoisotopic (exact) mass is 1080 g/mol. The molecule has 410 valence electrons. The molecule has 1 aliphatic rings. The van der Waals surface area contributed by atoms with E-state index in [1.807, 2.05) is 0 Å². The van der Waals surface area contributed by atoms with Crippen LogP contribution in [0.3, 0.4) is 0 Å². The first-order valence-electron chi connectivity index (χ1n) is 30.8. The number of fused-ring (bicyclic) bond motifs is 12. The molecule has 0 radical (unpaired) electrons. The summed E-state index contributed by atoms with van der Waals surface area (Å²) in [6, 6.07) is 70.4. The van der Waals surface area contributed by atoms with E-state index in [9.17, 15) is 0 Å². The van der Waals surface area contributed by atoms with Crippen molar-refractivity contribution in [1.82, 2.24) is 0 Å². The van der Waals surface area contributed by atoms with Crippen molar-refractivity contribution in [2.24, 2.45) is 0 Å². The zero-order chi connectivity index (χ0) is 58.2. The van der Waals surface area contributed by atoms with E-state index < -0.39 is 0 Å². The summed E-state index contributed by atoms with van der Waals surface area (Å²) in [5.74, 6) is 0. The smallest absolute Gasteiger partial charge is 0.000740 e. The first-order valence-corrected chi connectivity index (χ1v) is 30.8. The molecule has 0 bridgehead atoms. The highest BCUT2D eigenvalue weighted by Crippen LogP contribution is 2.58. The molecule has 0 amide bonds. The van der Waals surface area contributed by atoms with Gasteiger partial charge in [0.1, 0.15) is 0 Å². The Kier molecular flexibility index (Phi) is 10.2. The Morgan fingerprint density at radius 1 is 0.190 bits per heavy atom. The number of benzene rings is 13. The molecule has 15 aromatic carbocycles. The van der Waals surface area contributed by atoms with Crippen LogP contribution in [0.2, 0.25) is 0 Å². The van der Waals surface area contributed by atoms with Crippen LogP contribution in [0.15, 0.2) is 176 Å². The van der Waals surface area contributed by atoms with Crippen LogP contribution in [0.4, 0.5) is 0 Å². The third-order valence-corrected chi connectivity index (χ3v) is 19.9. The first kappa shape index (κ1) is 51.3. The molecule has 0 saturated carbocycles. The summed E-state index contributed by atoms with van der Waals surface area (Å²) >= 11 is 0. The average molecular weight is 1080 g/mol. The van der Waals surface area contributed by atoms with Gasteiger partial charge in [0.05, 0.1) is 0 Å². The minimum Gasteiger partial charge on any atom is -0.0619 e. The van der Waals surface area contributed by atoms with Gasteiger partial charge in [-0.05, 0) is 230 Å². The fourth-order valence-corrected chi connectivity index (χ4v) is 15.6. The molecule has 0 heteroatoms. The zero-order valence-corrected chi connectivity index (χ0v) is 51.7. The molecular weight excluding hydrogens is 1010 g/mol. The van der Waals surface area contributed by atoms with Crippen molar-refractivity contribution in [3.05, 3.63) is 204 Å². The van der Waals surface area contributed by atoms with Gasteiger partial charge in [0.15, 0.2) is 0 Å². The van der Waals surface area contributed by atoms with Gasteiger partial charge in [-0.25, -0.2) is 0 Å². The quantitative estimate of drug-likeness (QED) is 0.122. The van der Waals surface area contributed by atoms with Gasteiger partial charge in [-0.3, -0.25) is 0 Å². The van der Waals surface area contributed by atoms with Crippen LogP contribution in [0.25, 0.3) is 163 Å². The Bertz CT molecular complexity index is 5020. The van der Waals surface area contributed by atoms with Gasteiger partial charge >= 0.3 is 0 Å². The van der Waals surface area contributed by atoms with Crippen molar-refractivity contribution < 1.29 is 0 Å². The third kappa shape index (κ3) is 7.07. The molecule has 0 aromatic heterocycles. The van der Waals surface area contributed by atoms with Crippen molar-refractivity contribution in [3.63, 3.8) is 0 Å². The maximum absolute atomic E-state index is 2.65. The molecule has 0 N–H and O–H groups in total. The normalized spacial score (nSPS) is 13.7. The topological polar surface area (TPSA) is 0 Å². The van der Waals surface area contributed by atoms with Gasteiger partial charge in [0, 0.05) is 0 Å². The van der Waals surface area contributed by atoms with E-state index in [2.05, 4.69) is 280 Å². The molecule has 0 heterocycles. The molecule has 0 saturated heterocycles. The van der Waals surface area contributed by atoms with Gasteiger partial charge in [-0.1, -0.05) is 268 Å². The summed E-state index contributed by atoms with van der Waals surface area (Å²) < 4.78 is 0. The summed E-state index contributed by atoms with van der Waals surface area (Å²) in [6.45, 7) is 35.7. The lowest BCUT2D eigenvalue weighted by molar-refractivity contribution is 0.568. The van der Waals surface area contributed by atoms with Gasteiger partial charge < -0.3 is 0 Å². The molecule has 0 spiro atoms. The van der Waals surface area contributed by atoms with Crippen LogP contribution in [0, 0.1) is 0 Å². The van der Waals surface area contributed by atoms with Crippen LogP contribution >= 0.6 is 0 Å². The summed E-state index contributed by atoms with van der Waals surface area (Å²) in [7, 11) is 0. The molecule has 1 aliphatic carbocycles. The highest BCUT2D eigenvalue weighted by molar-refractivity contribution is 6.47. The predicted molar refractivity (Wildman–Crippen MR) is 369 cm³/mol. The highest BCUT2D eigenvalue weighted by Gasteiger charge is 2.32. The molecule has 0 atom stereocenters. The van der Waals surface area contributed by atoms with Gasteiger partial charge in [-0.2, -0.15) is 0 Å². The van der Waals surface area contributed by atoms with Crippen molar-refractivity contribution in [2.45, 2.75) is 131 Å². The standard InChI is InChI=1S/C84H74/c1-80(2,3)47-37-45(38-48(41-47)81(4,5)6)71-68-43-66-56-25-20-24-55-53(54-23-18-19-26-70(54)84(13,14)15)27-28-63(73(55)56)67(66)44-69(68)72(46-39-49(82(7,8)9)42-50(40-46)83(10,11)12)79-65-36-34-62-60-32-30-58-52-22-17-16-21-51(52)57-29-31-59(75(60)74(57)58)61-33-35-64(78(71)79)77(65)76(61)62/h16-44H,1-15H3. The third-order valence-electron chi connectivity index (χ3n) is 19.9. The Morgan fingerprint density at radius 3 is 0.976 bits per heavy atom. The fraction of sp³-hybridized carbons (Fsp3) is 0.238. The second-order valence-corrected chi connectivity index (χ2v) is 30.4. The van der Waals surface area contributed by atoms with Gasteiger partial charge in [0.25, 0.3) is 0 Å². The lowest BCUT2D eigenvalue weighted by Crippen LogP contribution is -2.16. The largest absolute Gasteiger partial charge is 0.0619 e. The summed E-state index contributed by atoms with van der Waals surface area (Å²) in [4.78, 5) is 0. The lowest BCUT2D eigenvalue weighted by atomic mass is 9.76. The van der Waals surface area contributed by atoms with E-state index in [-0.39, 0.29) is 27.1 Å². The van der Waals surface area contributed by atoms with E-state index in [1.54, 1.807) is 0 Å². The maximum Gasteiger partial charge on any atom is -0.000740 e. The van der Waals surface area contributed by atoms with Crippen molar-refractivity contribution in [2.75, 3.05) is 0 Å².